The Kier molecular flexibility index (Phi) is 7.01. The molecule has 0 aliphatic rings. The Hall–Kier alpha value is -4.13. The minimum Gasteiger partial charge on any atom is -0.495 e. The predicted molar refractivity (Wildman–Crippen MR) is 117 cm³/mol. The smallest absolute Gasteiger partial charge is 0.270 e. The topological polar surface area (TPSA) is 163 Å². The molecule has 0 radical (unpaired) electrons. The maximum Gasteiger partial charge on any atom is 0.270 e. The van der Waals surface area contributed by atoms with Gasteiger partial charge in [0.15, 0.2) is 0 Å². The van der Waals surface area contributed by atoms with E-state index in [0.717, 1.165) is 16.4 Å². The summed E-state index contributed by atoms with van der Waals surface area (Å²) in [5.74, 6) is 6.39. The number of nitrogens with zero attached hydrogens (tertiary/aromatic N) is 5. The number of rotatable bonds is 9. The zero-order valence-electron chi connectivity index (χ0n) is 16.3. The van der Waals surface area contributed by atoms with E-state index in [2.05, 4.69) is 26.0 Å². The number of nitrogen functional groups attached to an aromatic ring is 1. The molecule has 0 bridgehead atoms. The molecule has 3 rings (SSSR count). The zero-order valence-corrected chi connectivity index (χ0v) is 17.1. The summed E-state index contributed by atoms with van der Waals surface area (Å²) in [7, 11) is 1.52. The Morgan fingerprint density at radius 3 is 2.90 bits per heavy atom. The van der Waals surface area contributed by atoms with Crippen LogP contribution in [-0.4, -0.2) is 44.8 Å². The number of carbonyl (C=O) groups excluding carboxylic acids is 1. The van der Waals surface area contributed by atoms with E-state index in [1.54, 1.807) is 36.4 Å². The van der Waals surface area contributed by atoms with Crippen molar-refractivity contribution >= 4 is 41.2 Å². The molecule has 0 saturated heterocycles. The summed E-state index contributed by atoms with van der Waals surface area (Å²) in [5.41, 5.74) is 3.64. The van der Waals surface area contributed by atoms with Crippen molar-refractivity contribution in [1.29, 1.82) is 0 Å². The molecule has 0 fully saturated rings. The minimum atomic E-state index is -0.491. The Balaban J connectivity index is 1.56. The van der Waals surface area contributed by atoms with Gasteiger partial charge in [0.2, 0.25) is 11.1 Å². The van der Waals surface area contributed by atoms with Crippen LogP contribution in [0, 0.1) is 10.1 Å². The number of hydrazone groups is 1. The zero-order chi connectivity index (χ0) is 22.2. The van der Waals surface area contributed by atoms with Crippen LogP contribution in [-0.2, 0) is 4.79 Å². The lowest BCUT2D eigenvalue weighted by Gasteiger charge is -2.09. The fraction of sp³-hybridized carbons (Fsp3) is 0.111. The van der Waals surface area contributed by atoms with Gasteiger partial charge in [0.05, 0.1) is 29.7 Å². The van der Waals surface area contributed by atoms with Gasteiger partial charge in [-0.2, -0.15) is 5.10 Å². The highest BCUT2D eigenvalue weighted by Gasteiger charge is 2.13. The number of nitrogens with two attached hydrogens (primary N) is 1. The lowest BCUT2D eigenvalue weighted by atomic mass is 10.2. The summed E-state index contributed by atoms with van der Waals surface area (Å²) >= 11 is 1.09. The highest BCUT2D eigenvalue weighted by molar-refractivity contribution is 7.99. The predicted octanol–water partition coefficient (Wildman–Crippen LogP) is 2.09. The third-order valence-corrected chi connectivity index (χ3v) is 4.78. The van der Waals surface area contributed by atoms with Gasteiger partial charge in [-0.05, 0) is 12.1 Å². The first-order chi connectivity index (χ1) is 15.0. The van der Waals surface area contributed by atoms with Crippen LogP contribution in [0.1, 0.15) is 5.56 Å². The third kappa shape index (κ3) is 5.70. The maximum absolute atomic E-state index is 12.2. The van der Waals surface area contributed by atoms with Crippen molar-refractivity contribution in [3.8, 4) is 5.75 Å². The highest BCUT2D eigenvalue weighted by Crippen LogP contribution is 2.24. The Morgan fingerprint density at radius 1 is 1.32 bits per heavy atom. The molecule has 2 aromatic carbocycles. The number of hydrogen-bond donors (Lipinski definition) is 3. The summed E-state index contributed by atoms with van der Waals surface area (Å²) < 4.78 is 6.34. The fourth-order valence-electron chi connectivity index (χ4n) is 2.40. The van der Waals surface area contributed by atoms with E-state index in [1.165, 1.54) is 25.5 Å². The van der Waals surface area contributed by atoms with E-state index in [0.29, 0.717) is 22.2 Å². The SMILES string of the molecule is COc1ccccc1NC(=O)CSc1nnc(N/N=C/c2cccc([N+](=O)[O-])c2)n1N. The number of benzene rings is 2. The van der Waals surface area contributed by atoms with Gasteiger partial charge in [-0.25, -0.2) is 10.1 Å². The molecule has 0 unspecified atom stereocenters. The maximum atomic E-state index is 12.2. The van der Waals surface area contributed by atoms with Crippen molar-refractivity contribution < 1.29 is 14.5 Å². The standard InChI is InChI=1S/C18H18N8O4S/c1-30-15-8-3-2-7-14(15)21-16(27)11-31-18-24-23-17(25(18)19)22-20-10-12-5-4-6-13(9-12)26(28)29/h2-10H,11,19H2,1H3,(H,21,27)(H,22,23)/b20-10+. The fourth-order valence-corrected chi connectivity index (χ4v) is 3.06. The second kappa shape index (κ2) is 10.1. The first-order valence-corrected chi connectivity index (χ1v) is 9.76. The summed E-state index contributed by atoms with van der Waals surface area (Å²) in [6.45, 7) is 0. The molecule has 160 valence electrons. The third-order valence-electron chi connectivity index (χ3n) is 3.84. The summed E-state index contributed by atoms with van der Waals surface area (Å²) in [4.78, 5) is 22.5. The quantitative estimate of drug-likeness (QED) is 0.148. The van der Waals surface area contributed by atoms with E-state index in [-0.39, 0.29) is 23.3 Å². The van der Waals surface area contributed by atoms with Crippen molar-refractivity contribution in [3.05, 3.63) is 64.2 Å². The monoisotopic (exact) mass is 442 g/mol. The average Bonchev–Trinajstić information content (AvgIpc) is 3.12. The van der Waals surface area contributed by atoms with Crippen LogP contribution < -0.4 is 21.3 Å². The first kappa shape index (κ1) is 21.6. The number of nitrogens with one attached hydrogen (secondary N) is 2. The second-order valence-electron chi connectivity index (χ2n) is 5.94. The molecular formula is C18H18N8O4S. The number of amides is 1. The van der Waals surface area contributed by atoms with E-state index in [1.807, 2.05) is 0 Å². The molecule has 13 heteroatoms. The number of hydrogen-bond acceptors (Lipinski definition) is 10. The summed E-state index contributed by atoms with van der Waals surface area (Å²) in [5, 5.41) is 25.6. The Morgan fingerprint density at radius 2 is 2.13 bits per heavy atom. The van der Waals surface area contributed by atoms with E-state index in [4.69, 9.17) is 10.6 Å². The van der Waals surface area contributed by atoms with Crippen molar-refractivity contribution in [2.24, 2.45) is 5.10 Å². The van der Waals surface area contributed by atoms with Crippen LogP contribution in [0.5, 0.6) is 5.75 Å². The van der Waals surface area contributed by atoms with Gasteiger partial charge in [-0.3, -0.25) is 14.9 Å². The van der Waals surface area contributed by atoms with Gasteiger partial charge < -0.3 is 15.9 Å². The molecule has 0 aliphatic heterocycles. The molecule has 12 nitrogen and oxygen atoms in total. The van der Waals surface area contributed by atoms with Crippen LogP contribution in [0.25, 0.3) is 0 Å². The van der Waals surface area contributed by atoms with Crippen LogP contribution in [0.2, 0.25) is 0 Å². The van der Waals surface area contributed by atoms with Gasteiger partial charge >= 0.3 is 0 Å². The van der Waals surface area contributed by atoms with Gasteiger partial charge in [0.1, 0.15) is 5.75 Å². The van der Waals surface area contributed by atoms with Crippen LogP contribution in [0.3, 0.4) is 0 Å². The molecule has 0 spiro atoms. The number of anilines is 2. The summed E-state index contributed by atoms with van der Waals surface area (Å²) in [6.07, 6.45) is 1.38. The number of carbonyl (C=O) groups is 1. The molecule has 0 aliphatic carbocycles. The molecule has 1 heterocycles. The van der Waals surface area contributed by atoms with Gasteiger partial charge in [0, 0.05) is 17.7 Å². The number of para-hydroxylation sites is 2. The number of aromatic nitrogens is 3. The van der Waals surface area contributed by atoms with Crippen molar-refractivity contribution in [3.63, 3.8) is 0 Å². The van der Waals surface area contributed by atoms with Crippen molar-refractivity contribution in [2.75, 3.05) is 29.4 Å². The van der Waals surface area contributed by atoms with Crippen LogP contribution in [0.15, 0.2) is 58.8 Å². The second-order valence-corrected chi connectivity index (χ2v) is 6.88. The lowest BCUT2D eigenvalue weighted by Crippen LogP contribution is -2.17. The average molecular weight is 442 g/mol. The molecule has 1 amide bonds. The molecular weight excluding hydrogens is 424 g/mol. The number of ether oxygens (including phenoxy) is 1. The molecule has 3 aromatic rings. The molecule has 4 N–H and O–H groups in total. The largest absolute Gasteiger partial charge is 0.495 e. The first-order valence-electron chi connectivity index (χ1n) is 8.77. The minimum absolute atomic E-state index is 0.0453. The Bertz CT molecular complexity index is 1120. The van der Waals surface area contributed by atoms with Gasteiger partial charge in [-0.15, -0.1) is 10.2 Å². The lowest BCUT2D eigenvalue weighted by molar-refractivity contribution is -0.384. The summed E-state index contributed by atoms with van der Waals surface area (Å²) in [6, 6.07) is 13.0. The number of nitro groups is 1. The molecule has 0 atom stereocenters. The van der Waals surface area contributed by atoms with E-state index >= 15 is 0 Å². The van der Waals surface area contributed by atoms with Crippen LogP contribution in [0.4, 0.5) is 17.3 Å². The Labute approximate surface area is 180 Å². The molecule has 1 aromatic heterocycles. The van der Waals surface area contributed by atoms with Crippen molar-refractivity contribution in [1.82, 2.24) is 14.9 Å². The number of nitro benzene ring substituents is 1. The van der Waals surface area contributed by atoms with Crippen LogP contribution >= 0.6 is 11.8 Å². The normalized spacial score (nSPS) is 10.7. The van der Waals surface area contributed by atoms with E-state index < -0.39 is 4.92 Å². The number of thioether (sulfide) groups is 1. The highest BCUT2D eigenvalue weighted by atomic mass is 32.2. The van der Waals surface area contributed by atoms with E-state index in [9.17, 15) is 14.9 Å². The molecule has 31 heavy (non-hydrogen) atoms. The van der Waals surface area contributed by atoms with Crippen molar-refractivity contribution in [2.45, 2.75) is 5.16 Å². The molecule has 0 saturated carbocycles. The van der Waals surface area contributed by atoms with Gasteiger partial charge in [0.25, 0.3) is 11.6 Å². The number of methoxy groups -OCH3 is 1. The van der Waals surface area contributed by atoms with Gasteiger partial charge in [-0.1, -0.05) is 36.0 Å². The number of non-ortho nitro benzene ring substituents is 1.